The number of hydrogen-bond acceptors (Lipinski definition) is 1. The highest BCUT2D eigenvalue weighted by Gasteiger charge is 2.28. The first kappa shape index (κ1) is 12.0. The van der Waals surface area contributed by atoms with E-state index in [9.17, 15) is 4.79 Å². The summed E-state index contributed by atoms with van der Waals surface area (Å²) in [6, 6.07) is 0. The summed E-state index contributed by atoms with van der Waals surface area (Å²) in [5.41, 5.74) is 0. The molecule has 2 unspecified atom stereocenters. The fourth-order valence-corrected chi connectivity index (χ4v) is 1.66. The average molecular weight is 262 g/mol. The molecule has 14 heavy (non-hydrogen) atoms. The Bertz CT molecular complexity index is 201. The molecule has 0 aromatic carbocycles. The van der Waals surface area contributed by atoms with Crippen molar-refractivity contribution < 1.29 is 4.79 Å². The molecule has 2 nitrogen and oxygen atoms in total. The van der Waals surface area contributed by atoms with E-state index in [4.69, 9.17) is 0 Å². The highest BCUT2D eigenvalue weighted by Crippen LogP contribution is 2.36. The minimum atomic E-state index is -0.0473. The Labute approximate surface area is 95.0 Å². The molecular weight excluding hydrogens is 242 g/mol. The van der Waals surface area contributed by atoms with E-state index in [-0.39, 0.29) is 10.7 Å². The summed E-state index contributed by atoms with van der Waals surface area (Å²) in [6.07, 6.45) is 2.69. The highest BCUT2D eigenvalue weighted by molar-refractivity contribution is 9.10. The molecule has 1 N–H and O–H groups in total. The van der Waals surface area contributed by atoms with Crippen LogP contribution in [0, 0.1) is 17.8 Å². The van der Waals surface area contributed by atoms with Gasteiger partial charge in [-0.25, -0.2) is 0 Å². The minimum absolute atomic E-state index is 0.0473. The van der Waals surface area contributed by atoms with Crippen molar-refractivity contribution in [3.63, 3.8) is 0 Å². The van der Waals surface area contributed by atoms with Crippen LogP contribution < -0.4 is 5.32 Å². The average Bonchev–Trinajstić information content (AvgIpc) is 2.95. The van der Waals surface area contributed by atoms with Crippen LogP contribution in [-0.2, 0) is 4.79 Å². The normalized spacial score (nSPS) is 20.6. The predicted octanol–water partition coefficient (Wildman–Crippen LogP) is 2.57. The van der Waals surface area contributed by atoms with Crippen LogP contribution in [0.1, 0.15) is 33.6 Å². The van der Waals surface area contributed by atoms with Crippen molar-refractivity contribution in [2.24, 2.45) is 17.8 Å². The van der Waals surface area contributed by atoms with Gasteiger partial charge in [-0.3, -0.25) is 4.79 Å². The first-order chi connectivity index (χ1) is 6.52. The van der Waals surface area contributed by atoms with Crippen LogP contribution in [0.4, 0.5) is 0 Å². The third-order valence-corrected chi connectivity index (χ3v) is 4.33. The zero-order chi connectivity index (χ0) is 10.7. The number of alkyl halides is 1. The number of nitrogens with one attached hydrogen (secondary N) is 1. The molecule has 1 aliphatic carbocycles. The molecule has 0 heterocycles. The lowest BCUT2D eigenvalue weighted by molar-refractivity contribution is -0.121. The molecule has 1 saturated carbocycles. The summed E-state index contributed by atoms with van der Waals surface area (Å²) >= 11 is 3.40. The third-order valence-electron chi connectivity index (χ3n) is 2.86. The fraction of sp³-hybridized carbons (Fsp3) is 0.909. The maximum Gasteiger partial charge on any atom is 0.234 e. The van der Waals surface area contributed by atoms with Gasteiger partial charge in [0, 0.05) is 6.54 Å². The largest absolute Gasteiger partial charge is 0.355 e. The second kappa shape index (κ2) is 5.15. The molecule has 82 valence electrons. The number of hydrogen-bond donors (Lipinski definition) is 1. The lowest BCUT2D eigenvalue weighted by Gasteiger charge is -2.16. The van der Waals surface area contributed by atoms with Crippen LogP contribution in [0.15, 0.2) is 0 Å². The summed E-state index contributed by atoms with van der Waals surface area (Å²) in [4.78, 5) is 11.5. The van der Waals surface area contributed by atoms with Crippen LogP contribution in [0.3, 0.4) is 0 Å². The van der Waals surface area contributed by atoms with Crippen molar-refractivity contribution in [3.05, 3.63) is 0 Å². The number of carbonyl (C=O) groups excluding carboxylic acids is 1. The van der Waals surface area contributed by atoms with Crippen LogP contribution in [-0.4, -0.2) is 17.3 Å². The monoisotopic (exact) mass is 261 g/mol. The summed E-state index contributed by atoms with van der Waals surface area (Å²) in [5, 5.41) is 3.00. The zero-order valence-corrected chi connectivity index (χ0v) is 10.8. The molecule has 1 aliphatic rings. The van der Waals surface area contributed by atoms with Crippen molar-refractivity contribution in [3.8, 4) is 0 Å². The van der Waals surface area contributed by atoms with Crippen LogP contribution in [0.5, 0.6) is 0 Å². The Hall–Kier alpha value is -0.0500. The fourth-order valence-electron chi connectivity index (χ4n) is 1.49. The van der Waals surface area contributed by atoms with E-state index in [2.05, 4.69) is 28.2 Å². The Morgan fingerprint density at radius 1 is 1.43 bits per heavy atom. The Morgan fingerprint density at radius 3 is 2.43 bits per heavy atom. The molecule has 0 radical (unpaired) electrons. The summed E-state index contributed by atoms with van der Waals surface area (Å²) in [6.45, 7) is 7.14. The molecule has 3 heteroatoms. The SMILES string of the molecule is CC(C)C(Br)C(=O)NCC(C)C1CC1. The highest BCUT2D eigenvalue weighted by atomic mass is 79.9. The van der Waals surface area contributed by atoms with Crippen LogP contribution in [0.2, 0.25) is 0 Å². The Kier molecular flexibility index (Phi) is 4.42. The Balaban J connectivity index is 2.19. The quantitative estimate of drug-likeness (QED) is 0.758. The van der Waals surface area contributed by atoms with E-state index in [1.54, 1.807) is 0 Å². The maximum atomic E-state index is 11.6. The van der Waals surface area contributed by atoms with E-state index in [1.165, 1.54) is 12.8 Å². The molecule has 2 atom stereocenters. The molecule has 1 rings (SSSR count). The molecule has 1 fully saturated rings. The van der Waals surface area contributed by atoms with Crippen molar-refractivity contribution in [1.29, 1.82) is 0 Å². The standard InChI is InChI=1S/C11H20BrNO/c1-7(2)10(12)11(14)13-6-8(3)9-4-5-9/h7-10H,4-6H2,1-3H3,(H,13,14). The predicted molar refractivity (Wildman–Crippen MR) is 62.5 cm³/mol. The van der Waals surface area contributed by atoms with Gasteiger partial charge in [-0.1, -0.05) is 36.7 Å². The Morgan fingerprint density at radius 2 is 2.00 bits per heavy atom. The van der Waals surface area contributed by atoms with E-state index in [1.807, 2.05) is 13.8 Å². The molecule has 1 amide bonds. The van der Waals surface area contributed by atoms with Gasteiger partial charge in [0.15, 0.2) is 0 Å². The van der Waals surface area contributed by atoms with Crippen LogP contribution >= 0.6 is 15.9 Å². The zero-order valence-electron chi connectivity index (χ0n) is 9.22. The van der Waals surface area contributed by atoms with Crippen LogP contribution in [0.25, 0.3) is 0 Å². The molecule has 0 bridgehead atoms. The van der Waals surface area contributed by atoms with Gasteiger partial charge in [0.1, 0.15) is 0 Å². The van der Waals surface area contributed by atoms with E-state index < -0.39 is 0 Å². The molecule has 0 aliphatic heterocycles. The number of amides is 1. The second-order valence-electron chi connectivity index (χ2n) is 4.71. The van der Waals surface area contributed by atoms with Crippen molar-refractivity contribution in [1.82, 2.24) is 5.32 Å². The van der Waals surface area contributed by atoms with Gasteiger partial charge in [0.25, 0.3) is 0 Å². The lowest BCUT2D eigenvalue weighted by atomic mass is 10.1. The van der Waals surface area contributed by atoms with E-state index in [0.29, 0.717) is 11.8 Å². The minimum Gasteiger partial charge on any atom is -0.355 e. The van der Waals surface area contributed by atoms with Gasteiger partial charge in [-0.15, -0.1) is 0 Å². The topological polar surface area (TPSA) is 29.1 Å². The van der Waals surface area contributed by atoms with Gasteiger partial charge in [0.2, 0.25) is 5.91 Å². The second-order valence-corrected chi connectivity index (χ2v) is 5.69. The molecule has 0 aromatic heterocycles. The first-order valence-corrected chi connectivity index (χ1v) is 6.35. The van der Waals surface area contributed by atoms with Gasteiger partial charge in [-0.05, 0) is 30.6 Å². The maximum absolute atomic E-state index is 11.6. The molecule has 0 aromatic rings. The summed E-state index contributed by atoms with van der Waals surface area (Å²) in [5.74, 6) is 1.99. The van der Waals surface area contributed by atoms with E-state index in [0.717, 1.165) is 12.5 Å². The molecule has 0 saturated heterocycles. The van der Waals surface area contributed by atoms with Crippen molar-refractivity contribution >= 4 is 21.8 Å². The van der Waals surface area contributed by atoms with Gasteiger partial charge in [0.05, 0.1) is 4.83 Å². The lowest BCUT2D eigenvalue weighted by Crippen LogP contribution is -2.36. The smallest absolute Gasteiger partial charge is 0.234 e. The van der Waals surface area contributed by atoms with Crippen molar-refractivity contribution in [2.45, 2.75) is 38.4 Å². The third kappa shape index (κ3) is 3.60. The van der Waals surface area contributed by atoms with Gasteiger partial charge >= 0.3 is 0 Å². The molecule has 0 spiro atoms. The molecular formula is C11H20BrNO. The van der Waals surface area contributed by atoms with E-state index >= 15 is 0 Å². The summed E-state index contributed by atoms with van der Waals surface area (Å²) < 4.78 is 0. The number of carbonyl (C=O) groups is 1. The van der Waals surface area contributed by atoms with Gasteiger partial charge in [-0.2, -0.15) is 0 Å². The van der Waals surface area contributed by atoms with Crippen molar-refractivity contribution in [2.75, 3.05) is 6.54 Å². The summed E-state index contributed by atoms with van der Waals surface area (Å²) in [7, 11) is 0. The van der Waals surface area contributed by atoms with Gasteiger partial charge < -0.3 is 5.32 Å². The number of halogens is 1. The number of rotatable bonds is 5. The first-order valence-electron chi connectivity index (χ1n) is 5.44.